The van der Waals surface area contributed by atoms with Gasteiger partial charge in [-0.2, -0.15) is 0 Å². The van der Waals surface area contributed by atoms with Gasteiger partial charge in [0.15, 0.2) is 0 Å². The number of H-pyrrole nitrogens is 1. The fourth-order valence-electron chi connectivity index (χ4n) is 3.36. The molecule has 2 atom stereocenters. The molecule has 2 heterocycles. The number of aliphatic hydroxyl groups excluding tert-OH is 1. The van der Waals surface area contributed by atoms with Gasteiger partial charge in [0, 0.05) is 11.8 Å². The summed E-state index contributed by atoms with van der Waals surface area (Å²) < 4.78 is 1.39. The summed E-state index contributed by atoms with van der Waals surface area (Å²) in [4.78, 5) is 15.8. The van der Waals surface area contributed by atoms with E-state index >= 15 is 0 Å². The molecule has 8 heteroatoms. The molecule has 1 aromatic carbocycles. The first-order valence-corrected chi connectivity index (χ1v) is 10.8. The normalized spacial score (nSPS) is 19.0. The lowest BCUT2D eigenvalue weighted by Gasteiger charge is -2.21. The van der Waals surface area contributed by atoms with Crippen molar-refractivity contribution >= 4 is 62.4 Å². The van der Waals surface area contributed by atoms with Crippen LogP contribution >= 0.6 is 46.3 Å². The van der Waals surface area contributed by atoms with Gasteiger partial charge in [-0.15, -0.1) is 23.1 Å². The number of aromatic amines is 1. The fourth-order valence-corrected chi connectivity index (χ4v) is 6.00. The number of carbonyl (C=O) groups excluding carboxylic acids is 1. The van der Waals surface area contributed by atoms with E-state index in [2.05, 4.69) is 22.4 Å². The number of rotatable bonds is 5. The number of benzene rings is 1. The molecular weight excluding hydrogens is 411 g/mol. The van der Waals surface area contributed by atoms with Gasteiger partial charge < -0.3 is 15.4 Å². The number of carbonyl (C=O) groups is 1. The van der Waals surface area contributed by atoms with Crippen LogP contribution in [0.25, 0.3) is 10.2 Å². The van der Waals surface area contributed by atoms with E-state index in [1.165, 1.54) is 22.5 Å². The summed E-state index contributed by atoms with van der Waals surface area (Å²) in [5, 5.41) is 12.9. The first kappa shape index (κ1) is 18.2. The molecule has 136 valence electrons. The molecule has 2 aromatic heterocycles. The Bertz CT molecular complexity index is 969. The van der Waals surface area contributed by atoms with Gasteiger partial charge in [0.05, 0.1) is 27.1 Å². The van der Waals surface area contributed by atoms with Crippen LogP contribution in [0.1, 0.15) is 26.9 Å². The average molecular weight is 427 g/mol. The number of hydrogen-bond donors (Lipinski definition) is 3. The van der Waals surface area contributed by atoms with E-state index in [1.807, 2.05) is 12.1 Å². The van der Waals surface area contributed by atoms with Crippen LogP contribution in [-0.4, -0.2) is 34.4 Å². The molecule has 0 spiro atoms. The first-order chi connectivity index (χ1) is 12.6. The third kappa shape index (κ3) is 3.25. The minimum Gasteiger partial charge on any atom is -0.396 e. The number of halogens is 2. The van der Waals surface area contributed by atoms with Crippen molar-refractivity contribution in [2.45, 2.75) is 17.7 Å². The predicted octanol–water partition coefficient (Wildman–Crippen LogP) is 4.66. The molecule has 4 rings (SSSR count). The largest absolute Gasteiger partial charge is 0.396 e. The van der Waals surface area contributed by atoms with Crippen LogP contribution < -0.4 is 5.32 Å². The zero-order valence-corrected chi connectivity index (χ0v) is 16.7. The van der Waals surface area contributed by atoms with Crippen molar-refractivity contribution in [3.8, 4) is 0 Å². The maximum absolute atomic E-state index is 12.8. The van der Waals surface area contributed by atoms with Gasteiger partial charge in [-0.05, 0) is 23.6 Å². The lowest BCUT2D eigenvalue weighted by Crippen LogP contribution is -2.37. The second kappa shape index (κ2) is 7.44. The third-order valence-corrected chi connectivity index (χ3v) is 7.78. The smallest absolute Gasteiger partial charge is 0.268 e. The molecule has 0 saturated heterocycles. The summed E-state index contributed by atoms with van der Waals surface area (Å²) in [5.41, 5.74) is 3.66. The summed E-state index contributed by atoms with van der Waals surface area (Å²) in [6.07, 6.45) is 0.784. The molecule has 0 unspecified atom stereocenters. The summed E-state index contributed by atoms with van der Waals surface area (Å²) in [5.74, 6) is 0.477. The number of thiophene rings is 1. The van der Waals surface area contributed by atoms with Gasteiger partial charge in [-0.25, -0.2) is 0 Å². The van der Waals surface area contributed by atoms with Crippen LogP contribution in [0, 0.1) is 0 Å². The molecule has 0 bridgehead atoms. The molecule has 3 aromatic rings. The molecule has 4 nitrogen and oxygen atoms in total. The number of amides is 1. The Hall–Kier alpha value is -1.18. The maximum Gasteiger partial charge on any atom is 0.268 e. The average Bonchev–Trinajstić information content (AvgIpc) is 3.27. The van der Waals surface area contributed by atoms with Crippen molar-refractivity contribution in [3.05, 3.63) is 56.5 Å². The minimum absolute atomic E-state index is 0.0168. The Kier molecular flexibility index (Phi) is 5.21. The number of hydrogen-bond acceptors (Lipinski definition) is 4. The topological polar surface area (TPSA) is 65.1 Å². The van der Waals surface area contributed by atoms with Gasteiger partial charge in [0.1, 0.15) is 10.0 Å². The van der Waals surface area contributed by atoms with Crippen LogP contribution in [0.3, 0.4) is 0 Å². The molecule has 1 aliphatic rings. The van der Waals surface area contributed by atoms with Crippen molar-refractivity contribution in [3.63, 3.8) is 0 Å². The van der Waals surface area contributed by atoms with E-state index in [1.54, 1.807) is 17.8 Å². The second-order valence-electron chi connectivity index (χ2n) is 6.11. The molecule has 1 amide bonds. The van der Waals surface area contributed by atoms with E-state index in [4.69, 9.17) is 23.2 Å². The summed E-state index contributed by atoms with van der Waals surface area (Å²) in [7, 11) is 0. The second-order valence-corrected chi connectivity index (χ2v) is 9.39. The number of aromatic nitrogens is 1. The van der Waals surface area contributed by atoms with Crippen molar-refractivity contribution in [1.82, 2.24) is 10.3 Å². The van der Waals surface area contributed by atoms with Crippen molar-refractivity contribution < 1.29 is 9.90 Å². The SMILES string of the molecule is O=C(N[C@@H]1Cc2ccccc2[C@@H]1SCCO)c1cc2sc(Cl)c(Cl)c2[nH]1. The van der Waals surface area contributed by atoms with Crippen molar-refractivity contribution in [2.24, 2.45) is 0 Å². The van der Waals surface area contributed by atoms with Crippen molar-refractivity contribution in [2.75, 3.05) is 12.4 Å². The van der Waals surface area contributed by atoms with Crippen molar-refractivity contribution in [1.29, 1.82) is 0 Å². The van der Waals surface area contributed by atoms with Gasteiger partial charge in [-0.3, -0.25) is 4.79 Å². The monoisotopic (exact) mass is 426 g/mol. The molecule has 0 radical (unpaired) electrons. The highest BCUT2D eigenvalue weighted by Gasteiger charge is 2.34. The molecule has 26 heavy (non-hydrogen) atoms. The summed E-state index contributed by atoms with van der Waals surface area (Å²) >= 11 is 15.2. The quantitative estimate of drug-likeness (QED) is 0.555. The Morgan fingerprint density at radius 2 is 2.19 bits per heavy atom. The van der Waals surface area contributed by atoms with Gasteiger partial charge in [0.2, 0.25) is 0 Å². The third-order valence-electron chi connectivity index (χ3n) is 4.49. The van der Waals surface area contributed by atoms with Crippen LogP contribution in [0.15, 0.2) is 30.3 Å². The maximum atomic E-state index is 12.8. The van der Waals surface area contributed by atoms with Crippen LogP contribution in [0.2, 0.25) is 9.36 Å². The Morgan fingerprint density at radius 1 is 1.38 bits per heavy atom. The lowest BCUT2D eigenvalue weighted by molar-refractivity contribution is 0.0934. The number of aliphatic hydroxyl groups is 1. The van der Waals surface area contributed by atoms with Gasteiger partial charge in [-0.1, -0.05) is 47.5 Å². The summed E-state index contributed by atoms with van der Waals surface area (Å²) in [6.45, 7) is 0.121. The van der Waals surface area contributed by atoms with Crippen LogP contribution in [0.4, 0.5) is 0 Å². The lowest BCUT2D eigenvalue weighted by atomic mass is 10.1. The van der Waals surface area contributed by atoms with Crippen LogP contribution in [-0.2, 0) is 6.42 Å². The van der Waals surface area contributed by atoms with E-state index in [9.17, 15) is 9.90 Å². The highest BCUT2D eigenvalue weighted by atomic mass is 35.5. The Balaban J connectivity index is 1.55. The van der Waals surface area contributed by atoms with Gasteiger partial charge in [0.25, 0.3) is 5.91 Å². The fraction of sp³-hybridized carbons (Fsp3) is 0.278. The van der Waals surface area contributed by atoms with Gasteiger partial charge >= 0.3 is 0 Å². The van der Waals surface area contributed by atoms with E-state index < -0.39 is 0 Å². The molecule has 0 aliphatic heterocycles. The number of fused-ring (bicyclic) bond motifs is 2. The molecular formula is C18H16Cl2N2O2S2. The molecule has 3 N–H and O–H groups in total. The summed E-state index contributed by atoms with van der Waals surface area (Å²) in [6, 6.07) is 9.99. The molecule has 1 aliphatic carbocycles. The highest BCUT2D eigenvalue weighted by molar-refractivity contribution is 7.99. The first-order valence-electron chi connectivity index (χ1n) is 8.16. The highest BCUT2D eigenvalue weighted by Crippen LogP contribution is 2.42. The standard InChI is InChI=1S/C18H16Cl2N2O2S2/c19-14-15-13(26-17(14)20)8-12(21-15)18(24)22-11-7-9-3-1-2-4-10(9)16(11)25-6-5-23/h1-4,8,11,16,21,23H,5-7H2,(H,22,24)/t11-,16+/m1/s1. The number of thioether (sulfide) groups is 1. The predicted molar refractivity (Wildman–Crippen MR) is 110 cm³/mol. The zero-order valence-electron chi connectivity index (χ0n) is 13.6. The number of nitrogens with one attached hydrogen (secondary N) is 2. The Morgan fingerprint density at radius 3 is 2.96 bits per heavy atom. The van der Waals surface area contributed by atoms with E-state index in [-0.39, 0.29) is 23.8 Å². The zero-order chi connectivity index (χ0) is 18.3. The van der Waals surface area contributed by atoms with E-state index in [0.717, 1.165) is 11.1 Å². The van der Waals surface area contributed by atoms with Crippen LogP contribution in [0.5, 0.6) is 0 Å². The minimum atomic E-state index is -0.159. The Labute approximate surface area is 168 Å². The molecule has 0 fully saturated rings. The van der Waals surface area contributed by atoms with E-state index in [0.29, 0.717) is 26.3 Å². The molecule has 0 saturated carbocycles.